The molecule has 0 aliphatic rings. The molecular formula is C13H19ClN2O2. The van der Waals surface area contributed by atoms with Crippen molar-refractivity contribution in [3.05, 3.63) is 23.2 Å². The Morgan fingerprint density at radius 2 is 2.11 bits per heavy atom. The highest BCUT2D eigenvalue weighted by molar-refractivity contribution is 6.30. The van der Waals surface area contributed by atoms with Crippen LogP contribution in [0.5, 0.6) is 5.75 Å². The number of ether oxygens (including phenoxy) is 1. The van der Waals surface area contributed by atoms with Crippen molar-refractivity contribution in [2.45, 2.75) is 32.7 Å². The van der Waals surface area contributed by atoms with E-state index in [0.717, 1.165) is 12.8 Å². The van der Waals surface area contributed by atoms with Gasteiger partial charge in [0.05, 0.1) is 5.69 Å². The first-order valence-electron chi connectivity index (χ1n) is 6.04. The average Bonchev–Trinajstić information content (AvgIpc) is 2.37. The van der Waals surface area contributed by atoms with E-state index in [1.807, 2.05) is 13.8 Å². The Labute approximate surface area is 112 Å². The molecule has 5 heteroatoms. The third-order valence-corrected chi connectivity index (χ3v) is 2.92. The van der Waals surface area contributed by atoms with E-state index in [1.165, 1.54) is 0 Å². The van der Waals surface area contributed by atoms with Crippen LogP contribution in [0.3, 0.4) is 0 Å². The minimum atomic E-state index is -0.150. The monoisotopic (exact) mass is 270 g/mol. The Morgan fingerprint density at radius 1 is 1.44 bits per heavy atom. The number of amides is 1. The minimum absolute atomic E-state index is 0.0545. The van der Waals surface area contributed by atoms with Gasteiger partial charge in [0.1, 0.15) is 5.75 Å². The molecule has 3 N–H and O–H groups in total. The van der Waals surface area contributed by atoms with E-state index in [9.17, 15) is 4.79 Å². The largest absolute Gasteiger partial charge is 0.482 e. The van der Waals surface area contributed by atoms with Crippen LogP contribution in [0.4, 0.5) is 5.69 Å². The number of hydrogen-bond acceptors (Lipinski definition) is 3. The molecule has 1 rings (SSSR count). The van der Waals surface area contributed by atoms with Crippen molar-refractivity contribution < 1.29 is 9.53 Å². The van der Waals surface area contributed by atoms with Gasteiger partial charge in [0.15, 0.2) is 6.61 Å². The van der Waals surface area contributed by atoms with Crippen LogP contribution in [0.15, 0.2) is 18.2 Å². The number of nitrogens with one attached hydrogen (secondary N) is 1. The van der Waals surface area contributed by atoms with E-state index in [0.29, 0.717) is 16.5 Å². The van der Waals surface area contributed by atoms with Gasteiger partial charge in [-0.1, -0.05) is 25.4 Å². The number of benzene rings is 1. The Balaban J connectivity index is 2.49. The number of rotatable bonds is 6. The van der Waals surface area contributed by atoms with Gasteiger partial charge >= 0.3 is 0 Å². The Bertz CT molecular complexity index is 406. The number of halogens is 1. The number of carbonyl (C=O) groups excluding carboxylic acids is 1. The fourth-order valence-electron chi connectivity index (χ4n) is 1.54. The zero-order valence-electron chi connectivity index (χ0n) is 10.7. The van der Waals surface area contributed by atoms with Gasteiger partial charge in [0, 0.05) is 17.1 Å². The van der Waals surface area contributed by atoms with E-state index in [1.54, 1.807) is 18.2 Å². The van der Waals surface area contributed by atoms with Crippen molar-refractivity contribution in [3.8, 4) is 5.75 Å². The summed E-state index contributed by atoms with van der Waals surface area (Å²) in [5.41, 5.74) is 6.18. The first-order chi connectivity index (χ1) is 8.56. The van der Waals surface area contributed by atoms with E-state index in [2.05, 4.69) is 5.32 Å². The average molecular weight is 271 g/mol. The SMILES string of the molecule is CCC(CC)NC(=O)COc1cc(Cl)ccc1N. The fraction of sp³-hybridized carbons (Fsp3) is 0.462. The molecule has 4 nitrogen and oxygen atoms in total. The maximum absolute atomic E-state index is 11.6. The van der Waals surface area contributed by atoms with Crippen molar-refractivity contribution in [1.82, 2.24) is 5.32 Å². The van der Waals surface area contributed by atoms with E-state index in [-0.39, 0.29) is 18.6 Å². The fourth-order valence-corrected chi connectivity index (χ4v) is 1.70. The molecule has 0 heterocycles. The molecule has 0 saturated carbocycles. The Morgan fingerprint density at radius 3 is 2.72 bits per heavy atom. The molecule has 0 aliphatic heterocycles. The summed E-state index contributed by atoms with van der Waals surface area (Å²) >= 11 is 5.83. The summed E-state index contributed by atoms with van der Waals surface area (Å²) in [6.07, 6.45) is 1.81. The molecule has 0 aromatic heterocycles. The number of anilines is 1. The molecule has 18 heavy (non-hydrogen) atoms. The van der Waals surface area contributed by atoms with Gasteiger partial charge in [0.2, 0.25) is 0 Å². The lowest BCUT2D eigenvalue weighted by Gasteiger charge is -2.15. The number of nitrogens with two attached hydrogens (primary N) is 1. The first kappa shape index (κ1) is 14.6. The Kier molecular flexibility index (Phi) is 5.78. The normalized spacial score (nSPS) is 10.4. The molecule has 0 bridgehead atoms. The molecule has 0 spiro atoms. The third-order valence-electron chi connectivity index (χ3n) is 2.69. The van der Waals surface area contributed by atoms with E-state index < -0.39 is 0 Å². The summed E-state index contributed by atoms with van der Waals surface area (Å²) in [6, 6.07) is 5.11. The third kappa shape index (κ3) is 4.45. The lowest BCUT2D eigenvalue weighted by Crippen LogP contribution is -2.37. The summed E-state index contributed by atoms with van der Waals surface area (Å²) in [5.74, 6) is 0.283. The van der Waals surface area contributed by atoms with Crippen LogP contribution in [0.25, 0.3) is 0 Å². The highest BCUT2D eigenvalue weighted by atomic mass is 35.5. The van der Waals surface area contributed by atoms with Gasteiger partial charge in [-0.2, -0.15) is 0 Å². The molecule has 0 unspecified atom stereocenters. The van der Waals surface area contributed by atoms with Crippen LogP contribution in [0.2, 0.25) is 5.02 Å². The summed E-state index contributed by atoms with van der Waals surface area (Å²) in [7, 11) is 0. The molecule has 1 aromatic rings. The zero-order chi connectivity index (χ0) is 13.5. The van der Waals surface area contributed by atoms with Crippen molar-refractivity contribution in [2.75, 3.05) is 12.3 Å². The van der Waals surface area contributed by atoms with Crippen molar-refractivity contribution in [1.29, 1.82) is 0 Å². The van der Waals surface area contributed by atoms with Gasteiger partial charge in [-0.3, -0.25) is 4.79 Å². The predicted octanol–water partition coefficient (Wildman–Crippen LogP) is 2.61. The molecular weight excluding hydrogens is 252 g/mol. The van der Waals surface area contributed by atoms with Gasteiger partial charge in [-0.05, 0) is 25.0 Å². The Hall–Kier alpha value is -1.42. The quantitative estimate of drug-likeness (QED) is 0.781. The highest BCUT2D eigenvalue weighted by Gasteiger charge is 2.10. The van der Waals surface area contributed by atoms with Crippen LogP contribution < -0.4 is 15.8 Å². The standard InChI is InChI=1S/C13H19ClN2O2/c1-3-10(4-2)16-13(17)8-18-12-7-9(14)5-6-11(12)15/h5-7,10H,3-4,8,15H2,1-2H3,(H,16,17). The molecule has 0 atom stereocenters. The second-order valence-corrected chi connectivity index (χ2v) is 4.49. The van der Waals surface area contributed by atoms with Gasteiger partial charge < -0.3 is 15.8 Å². The molecule has 1 amide bonds. The first-order valence-corrected chi connectivity index (χ1v) is 6.41. The van der Waals surface area contributed by atoms with Crippen LogP contribution >= 0.6 is 11.6 Å². The smallest absolute Gasteiger partial charge is 0.258 e. The van der Waals surface area contributed by atoms with Crippen molar-refractivity contribution in [2.24, 2.45) is 0 Å². The molecule has 0 saturated heterocycles. The highest BCUT2D eigenvalue weighted by Crippen LogP contribution is 2.25. The molecule has 0 radical (unpaired) electrons. The summed E-state index contributed by atoms with van der Waals surface area (Å²) in [5, 5.41) is 3.41. The summed E-state index contributed by atoms with van der Waals surface area (Å²) in [4.78, 5) is 11.6. The van der Waals surface area contributed by atoms with Gasteiger partial charge in [-0.25, -0.2) is 0 Å². The maximum atomic E-state index is 11.6. The number of nitrogen functional groups attached to an aromatic ring is 1. The van der Waals surface area contributed by atoms with Crippen LogP contribution in [-0.4, -0.2) is 18.6 Å². The molecule has 0 aliphatic carbocycles. The van der Waals surface area contributed by atoms with Gasteiger partial charge in [0.25, 0.3) is 5.91 Å². The zero-order valence-corrected chi connectivity index (χ0v) is 11.5. The van der Waals surface area contributed by atoms with Crippen LogP contribution in [0.1, 0.15) is 26.7 Å². The molecule has 0 fully saturated rings. The van der Waals surface area contributed by atoms with Crippen molar-refractivity contribution in [3.63, 3.8) is 0 Å². The number of hydrogen-bond donors (Lipinski definition) is 2. The maximum Gasteiger partial charge on any atom is 0.258 e. The topological polar surface area (TPSA) is 64.3 Å². The summed E-state index contributed by atoms with van der Waals surface area (Å²) < 4.78 is 5.35. The van der Waals surface area contributed by atoms with Crippen molar-refractivity contribution >= 4 is 23.2 Å². The molecule has 1 aromatic carbocycles. The van der Waals surface area contributed by atoms with E-state index in [4.69, 9.17) is 22.1 Å². The lowest BCUT2D eigenvalue weighted by molar-refractivity contribution is -0.123. The van der Waals surface area contributed by atoms with Gasteiger partial charge in [-0.15, -0.1) is 0 Å². The van der Waals surface area contributed by atoms with Crippen LogP contribution in [-0.2, 0) is 4.79 Å². The summed E-state index contributed by atoms with van der Waals surface area (Å²) in [6.45, 7) is 4.01. The second kappa shape index (κ2) is 7.11. The predicted molar refractivity (Wildman–Crippen MR) is 73.9 cm³/mol. The number of carbonyl (C=O) groups is 1. The molecule has 100 valence electrons. The van der Waals surface area contributed by atoms with Crippen LogP contribution in [0, 0.1) is 0 Å². The second-order valence-electron chi connectivity index (χ2n) is 4.05. The van der Waals surface area contributed by atoms with E-state index >= 15 is 0 Å². The minimum Gasteiger partial charge on any atom is -0.482 e. The lowest BCUT2D eigenvalue weighted by atomic mass is 10.2.